The molecular formula is C27H47N5O12S2. The number of aliphatic carboxylic acids is 1. The third-order valence-corrected chi connectivity index (χ3v) is 7.33. The van der Waals surface area contributed by atoms with E-state index in [1.54, 1.807) is 27.7 Å². The van der Waals surface area contributed by atoms with Gasteiger partial charge in [-0.05, 0) is 40.2 Å². The second-order valence-electron chi connectivity index (χ2n) is 10.9. The van der Waals surface area contributed by atoms with Crippen LogP contribution in [0.2, 0.25) is 0 Å². The van der Waals surface area contributed by atoms with Gasteiger partial charge in [-0.1, -0.05) is 41.5 Å². The lowest BCUT2D eigenvalue weighted by atomic mass is 9.98. The lowest BCUT2D eigenvalue weighted by molar-refractivity contribution is -0.143. The molecule has 46 heavy (non-hydrogen) atoms. The van der Waals surface area contributed by atoms with Crippen molar-refractivity contribution in [3.05, 3.63) is 38.5 Å². The molecule has 0 radical (unpaired) electrons. The van der Waals surface area contributed by atoms with Crippen LogP contribution in [0.5, 0.6) is 5.75 Å². The van der Waals surface area contributed by atoms with E-state index in [2.05, 4.69) is 31.2 Å². The Hall–Kier alpha value is -3.68. The molecule has 2 aliphatic heterocycles. The highest BCUT2D eigenvalue weighted by Crippen LogP contribution is 2.18. The first-order valence-corrected chi connectivity index (χ1v) is 16.5. The third-order valence-electron chi connectivity index (χ3n) is 4.95. The van der Waals surface area contributed by atoms with E-state index in [-0.39, 0.29) is 35.9 Å². The molecule has 264 valence electrons. The van der Waals surface area contributed by atoms with Crippen LogP contribution >= 0.6 is 0 Å². The molecular weight excluding hydrogens is 650 g/mol. The van der Waals surface area contributed by atoms with Gasteiger partial charge in [0.15, 0.2) is 5.75 Å². The number of nitrogens with one attached hydrogen (secondary N) is 3. The average molecular weight is 698 g/mol. The molecule has 19 heteroatoms. The fourth-order valence-corrected chi connectivity index (χ4v) is 3.69. The molecule has 1 aromatic rings. The SMILES string of the molecule is C=C1N=C(C(C)C)NO1.CC(=O)NS(=O)(=O)C(C)C.CC(C)C1=NS(=O)ON1.CC(C)OCC(=O)O.CC(C)c1c(O)c(=O)c1=O. The molecule has 0 bridgehead atoms. The molecule has 0 aromatic heterocycles. The Kier molecular flexibility index (Phi) is 20.5. The Morgan fingerprint density at radius 3 is 1.65 bits per heavy atom. The molecule has 1 atom stereocenters. The Morgan fingerprint density at radius 1 is 0.957 bits per heavy atom. The Bertz CT molecular complexity index is 1390. The maximum Gasteiger partial charge on any atom is 0.329 e. The minimum Gasteiger partial charge on any atom is -0.504 e. The standard InChI is InChI=1S/C7H8O3.C6H10N2O.C5H11NO3S.C5H10O3.C4H8N2O2S/c1-3(2)4-5(8)7(10)6(4)9;1-4(2)6-7-5(3)9-8-6;1-4(2)10(8,9)6-5(3)7;1-4(2)8-3-5(6)7;1-3(2)4-5-8-9(7)6-4/h3,8H,1-2H3;4H,3H2,1-2H3,(H,7,8);4H,1-3H3,(H,6,7);4H,3H2,1-2H3,(H,6,7);3H,1-2H3,(H,5,6). The van der Waals surface area contributed by atoms with E-state index >= 15 is 0 Å². The largest absolute Gasteiger partial charge is 0.504 e. The first kappa shape index (κ1) is 44.4. The zero-order valence-corrected chi connectivity index (χ0v) is 29.6. The number of hydrogen-bond acceptors (Lipinski definition) is 14. The molecule has 1 aromatic carbocycles. The van der Waals surface area contributed by atoms with Gasteiger partial charge in [0.25, 0.3) is 5.43 Å². The monoisotopic (exact) mass is 697 g/mol. The van der Waals surface area contributed by atoms with Gasteiger partial charge in [-0.3, -0.25) is 19.1 Å². The minimum absolute atomic E-state index is 0.00565. The molecule has 17 nitrogen and oxygen atoms in total. The first-order chi connectivity index (χ1) is 20.9. The summed E-state index contributed by atoms with van der Waals surface area (Å²) in [5.74, 6) is 0.699. The van der Waals surface area contributed by atoms with Crippen LogP contribution in [0.1, 0.15) is 87.6 Å². The number of carboxylic acids is 1. The second kappa shape index (κ2) is 21.2. The van der Waals surface area contributed by atoms with Crippen molar-refractivity contribution in [3.63, 3.8) is 0 Å². The van der Waals surface area contributed by atoms with Gasteiger partial charge < -0.3 is 19.8 Å². The van der Waals surface area contributed by atoms with Crippen LogP contribution in [0, 0.1) is 11.8 Å². The summed E-state index contributed by atoms with van der Waals surface area (Å²) in [6.07, 6.45) is 0.00565. The van der Waals surface area contributed by atoms with Gasteiger partial charge in [-0.2, -0.15) is 9.28 Å². The number of carbonyl (C=O) groups excluding carboxylic acids is 1. The molecule has 2 aliphatic rings. The molecule has 0 aliphatic carbocycles. The number of aliphatic imine (C=N–C) groups is 1. The molecule has 0 saturated carbocycles. The van der Waals surface area contributed by atoms with Crippen LogP contribution in [-0.4, -0.2) is 64.3 Å². The van der Waals surface area contributed by atoms with Gasteiger partial charge in [0.2, 0.25) is 27.2 Å². The van der Waals surface area contributed by atoms with E-state index in [0.717, 1.165) is 5.84 Å². The van der Waals surface area contributed by atoms with Crippen LogP contribution in [0.25, 0.3) is 0 Å². The summed E-state index contributed by atoms with van der Waals surface area (Å²) in [6, 6.07) is 0. The van der Waals surface area contributed by atoms with Crippen LogP contribution < -0.4 is 26.5 Å². The number of ether oxygens (including phenoxy) is 1. The average Bonchev–Trinajstić information content (AvgIpc) is 3.56. The summed E-state index contributed by atoms with van der Waals surface area (Å²) in [7, 11) is -3.40. The number of carbonyl (C=O) groups is 2. The number of amides is 1. The number of carboxylic acid groups (broad SMARTS) is 1. The quantitative estimate of drug-likeness (QED) is 0.243. The van der Waals surface area contributed by atoms with Gasteiger partial charge in [0.05, 0.1) is 16.9 Å². The molecule has 3 rings (SSSR count). The summed E-state index contributed by atoms with van der Waals surface area (Å²) >= 11 is -1.50. The third kappa shape index (κ3) is 18.3. The molecule has 5 N–H and O–H groups in total. The first-order valence-electron chi connectivity index (χ1n) is 14.0. The summed E-state index contributed by atoms with van der Waals surface area (Å²) in [5, 5.41) is 16.3. The number of rotatable bonds is 8. The smallest absolute Gasteiger partial charge is 0.329 e. The fourth-order valence-electron chi connectivity index (χ4n) is 2.45. The number of hydrogen-bond donors (Lipinski definition) is 5. The zero-order chi connectivity index (χ0) is 36.5. The highest BCUT2D eigenvalue weighted by molar-refractivity contribution is 7.90. The lowest BCUT2D eigenvalue weighted by Crippen LogP contribution is -2.34. The van der Waals surface area contributed by atoms with Crippen molar-refractivity contribution in [2.45, 2.75) is 93.4 Å². The van der Waals surface area contributed by atoms with Gasteiger partial charge in [0.1, 0.15) is 18.3 Å². The molecule has 1 amide bonds. The Balaban J connectivity index is 0. The van der Waals surface area contributed by atoms with Crippen molar-refractivity contribution in [1.29, 1.82) is 0 Å². The van der Waals surface area contributed by atoms with Gasteiger partial charge in [-0.15, -0.1) is 4.40 Å². The summed E-state index contributed by atoms with van der Waals surface area (Å²) in [5.41, 5.74) is 4.10. The molecule has 0 saturated heterocycles. The normalized spacial score (nSPS) is 15.1. The maximum atomic E-state index is 10.8. The highest BCUT2D eigenvalue weighted by atomic mass is 32.2. The number of aromatic hydroxyl groups is 1. The number of nitrogens with zero attached hydrogens (tertiary/aromatic N) is 2. The predicted molar refractivity (Wildman–Crippen MR) is 174 cm³/mol. The topological polar surface area (TPSA) is 248 Å². The van der Waals surface area contributed by atoms with Crippen molar-refractivity contribution >= 4 is 44.8 Å². The van der Waals surface area contributed by atoms with Crippen molar-refractivity contribution in [3.8, 4) is 5.75 Å². The Labute approximate surface area is 272 Å². The highest BCUT2D eigenvalue weighted by Gasteiger charge is 2.21. The minimum atomic E-state index is -3.40. The van der Waals surface area contributed by atoms with Crippen LogP contribution in [0.4, 0.5) is 0 Å². The maximum absolute atomic E-state index is 10.8. The van der Waals surface area contributed by atoms with Crippen molar-refractivity contribution < 1.29 is 46.3 Å². The summed E-state index contributed by atoms with van der Waals surface area (Å²) in [4.78, 5) is 49.9. The lowest BCUT2D eigenvalue weighted by Gasteiger charge is -2.06. The van der Waals surface area contributed by atoms with Gasteiger partial charge in [0, 0.05) is 18.8 Å². The van der Waals surface area contributed by atoms with Crippen LogP contribution in [0.15, 0.2) is 31.4 Å². The van der Waals surface area contributed by atoms with Crippen LogP contribution in [0.3, 0.4) is 0 Å². The van der Waals surface area contributed by atoms with E-state index in [4.69, 9.17) is 19.8 Å². The van der Waals surface area contributed by atoms with E-state index in [1.165, 1.54) is 20.8 Å². The number of hydroxylamine groups is 2. The van der Waals surface area contributed by atoms with Crippen molar-refractivity contribution in [2.75, 3.05) is 6.61 Å². The summed E-state index contributed by atoms with van der Waals surface area (Å²) in [6.45, 7) is 22.6. The van der Waals surface area contributed by atoms with E-state index < -0.39 is 49.3 Å². The Morgan fingerprint density at radius 2 is 1.48 bits per heavy atom. The fraction of sp³-hybridized carbons (Fsp3) is 0.630. The van der Waals surface area contributed by atoms with E-state index in [9.17, 15) is 31.8 Å². The second-order valence-corrected chi connectivity index (χ2v) is 13.9. The molecule has 0 spiro atoms. The van der Waals surface area contributed by atoms with E-state index in [0.29, 0.717) is 17.6 Å². The molecule has 2 heterocycles. The zero-order valence-electron chi connectivity index (χ0n) is 28.0. The van der Waals surface area contributed by atoms with Gasteiger partial charge in [-0.25, -0.2) is 28.4 Å². The van der Waals surface area contributed by atoms with Crippen molar-refractivity contribution in [1.82, 2.24) is 15.7 Å². The van der Waals surface area contributed by atoms with Crippen LogP contribution in [-0.2, 0) is 44.7 Å². The summed E-state index contributed by atoms with van der Waals surface area (Å²) < 4.78 is 46.7. The van der Waals surface area contributed by atoms with E-state index in [1.807, 2.05) is 32.4 Å². The number of amidine groups is 2. The molecule has 1 unspecified atom stereocenters. The molecule has 0 fully saturated rings. The predicted octanol–water partition coefficient (Wildman–Crippen LogP) is 1.67. The van der Waals surface area contributed by atoms with Crippen molar-refractivity contribution in [2.24, 2.45) is 21.2 Å². The number of sulfonamides is 1. The van der Waals surface area contributed by atoms with Gasteiger partial charge >= 0.3 is 17.2 Å².